The van der Waals surface area contributed by atoms with Gasteiger partial charge in [0.05, 0.1) is 5.56 Å². The van der Waals surface area contributed by atoms with E-state index >= 15 is 0 Å². The van der Waals surface area contributed by atoms with Gasteiger partial charge in [0.2, 0.25) is 18.0 Å². The second-order valence-corrected chi connectivity index (χ2v) is 7.06. The number of ether oxygens (including phenoxy) is 1. The molecule has 7 heteroatoms. The van der Waals surface area contributed by atoms with E-state index in [0.717, 1.165) is 5.56 Å². The fourth-order valence-electron chi connectivity index (χ4n) is 3.48. The van der Waals surface area contributed by atoms with E-state index in [4.69, 9.17) is 16.3 Å². The van der Waals surface area contributed by atoms with Gasteiger partial charge in [0, 0.05) is 22.7 Å². The van der Waals surface area contributed by atoms with Gasteiger partial charge in [-0.3, -0.25) is 14.5 Å². The third-order valence-electron chi connectivity index (χ3n) is 4.92. The van der Waals surface area contributed by atoms with Crippen molar-refractivity contribution in [3.8, 4) is 0 Å². The Morgan fingerprint density at radius 2 is 2.00 bits per heavy atom. The van der Waals surface area contributed by atoms with Crippen molar-refractivity contribution in [1.29, 1.82) is 0 Å². The number of esters is 1. The summed E-state index contributed by atoms with van der Waals surface area (Å²) >= 11 is 6.11. The number of anilines is 1. The molecule has 2 aliphatic rings. The first-order valence-electron chi connectivity index (χ1n) is 8.64. The van der Waals surface area contributed by atoms with Crippen molar-refractivity contribution in [3.05, 3.63) is 64.2 Å². The van der Waals surface area contributed by atoms with Crippen molar-refractivity contribution in [2.24, 2.45) is 0 Å². The van der Waals surface area contributed by atoms with Crippen LogP contribution >= 0.6 is 11.6 Å². The Kier molecular flexibility index (Phi) is 4.36. The van der Waals surface area contributed by atoms with Gasteiger partial charge in [0.1, 0.15) is 6.04 Å². The normalized spacial score (nSPS) is 21.2. The van der Waals surface area contributed by atoms with E-state index in [1.165, 1.54) is 4.90 Å². The fraction of sp³-hybridized carbons (Fsp3) is 0.250. The molecule has 2 atom stereocenters. The van der Waals surface area contributed by atoms with E-state index in [1.807, 2.05) is 13.0 Å². The molecule has 0 bridgehead atoms. The van der Waals surface area contributed by atoms with Crippen LogP contribution in [0.2, 0.25) is 5.02 Å². The van der Waals surface area contributed by atoms with Crippen LogP contribution in [-0.2, 0) is 14.3 Å². The van der Waals surface area contributed by atoms with Crippen LogP contribution in [0, 0.1) is 6.92 Å². The Bertz CT molecular complexity index is 959. The molecule has 2 heterocycles. The number of cyclic esters (lactones) is 1. The molecule has 1 fully saturated rings. The van der Waals surface area contributed by atoms with Crippen LogP contribution in [0.15, 0.2) is 42.5 Å². The number of benzene rings is 2. The molecular weight excluding hydrogens is 368 g/mol. The highest BCUT2D eigenvalue weighted by molar-refractivity contribution is 6.31. The molecule has 0 saturated carbocycles. The monoisotopic (exact) mass is 384 g/mol. The Morgan fingerprint density at radius 3 is 2.78 bits per heavy atom. The SMILES string of the molecule is Cc1ccc(NC(=O)[C@@H]2CCC(=O)N2[C@H]2OC(=O)c3ccccc32)cc1Cl. The molecule has 1 N–H and O–H groups in total. The number of aryl methyl sites for hydroxylation is 1. The van der Waals surface area contributed by atoms with E-state index in [0.29, 0.717) is 28.3 Å². The molecule has 0 radical (unpaired) electrons. The number of halogens is 1. The van der Waals surface area contributed by atoms with Crippen LogP contribution < -0.4 is 5.32 Å². The van der Waals surface area contributed by atoms with Crippen LogP contribution in [0.4, 0.5) is 5.69 Å². The molecular formula is C20H17ClN2O4. The lowest BCUT2D eigenvalue weighted by Crippen LogP contribution is -2.43. The smallest absolute Gasteiger partial charge is 0.340 e. The number of fused-ring (bicyclic) bond motifs is 1. The highest BCUT2D eigenvalue weighted by Crippen LogP contribution is 2.38. The quantitative estimate of drug-likeness (QED) is 0.822. The molecule has 0 spiro atoms. The summed E-state index contributed by atoms with van der Waals surface area (Å²) in [5.74, 6) is -1.03. The van der Waals surface area contributed by atoms with Crippen molar-refractivity contribution < 1.29 is 19.1 Å². The molecule has 6 nitrogen and oxygen atoms in total. The summed E-state index contributed by atoms with van der Waals surface area (Å²) in [5.41, 5.74) is 2.49. The van der Waals surface area contributed by atoms with Crippen LogP contribution in [-0.4, -0.2) is 28.7 Å². The van der Waals surface area contributed by atoms with Crippen LogP contribution in [0.25, 0.3) is 0 Å². The molecule has 0 unspecified atom stereocenters. The van der Waals surface area contributed by atoms with Gasteiger partial charge in [-0.25, -0.2) is 4.79 Å². The van der Waals surface area contributed by atoms with Crippen molar-refractivity contribution in [2.45, 2.75) is 32.0 Å². The lowest BCUT2D eigenvalue weighted by molar-refractivity contribution is -0.144. The first-order chi connectivity index (χ1) is 13.0. The summed E-state index contributed by atoms with van der Waals surface area (Å²) in [6.45, 7) is 1.87. The summed E-state index contributed by atoms with van der Waals surface area (Å²) in [7, 11) is 0. The van der Waals surface area contributed by atoms with Crippen LogP contribution in [0.1, 0.15) is 40.6 Å². The van der Waals surface area contributed by atoms with E-state index in [-0.39, 0.29) is 18.2 Å². The number of rotatable bonds is 3. The summed E-state index contributed by atoms with van der Waals surface area (Å²) in [6, 6.07) is 11.4. The standard InChI is InChI=1S/C20H17ClN2O4/c1-11-6-7-12(10-15(11)21)22-18(25)16-8-9-17(24)23(16)19-13-4-2-3-5-14(13)20(26)27-19/h2-7,10,16,19H,8-9H2,1H3,(H,22,25)/t16-,19-/m0/s1. The third-order valence-corrected chi connectivity index (χ3v) is 5.32. The molecule has 2 amide bonds. The number of hydrogen-bond acceptors (Lipinski definition) is 4. The summed E-state index contributed by atoms with van der Waals surface area (Å²) in [5, 5.41) is 3.35. The predicted molar refractivity (Wildman–Crippen MR) is 99.3 cm³/mol. The molecule has 2 aliphatic heterocycles. The van der Waals surface area contributed by atoms with Gasteiger partial charge in [-0.2, -0.15) is 0 Å². The number of amides is 2. The topological polar surface area (TPSA) is 75.7 Å². The summed E-state index contributed by atoms with van der Waals surface area (Å²) in [6.07, 6.45) is -0.287. The minimum Gasteiger partial charge on any atom is -0.433 e. The van der Waals surface area contributed by atoms with Gasteiger partial charge < -0.3 is 10.1 Å². The number of carbonyl (C=O) groups excluding carboxylic acids is 3. The highest BCUT2D eigenvalue weighted by atomic mass is 35.5. The van der Waals surface area contributed by atoms with E-state index in [1.54, 1.807) is 36.4 Å². The Balaban J connectivity index is 1.59. The number of nitrogens with zero attached hydrogens (tertiary/aromatic N) is 1. The zero-order valence-electron chi connectivity index (χ0n) is 14.6. The fourth-order valence-corrected chi connectivity index (χ4v) is 3.66. The highest BCUT2D eigenvalue weighted by Gasteiger charge is 2.46. The molecule has 138 valence electrons. The zero-order valence-corrected chi connectivity index (χ0v) is 15.3. The Hall–Kier alpha value is -2.86. The summed E-state index contributed by atoms with van der Waals surface area (Å²) < 4.78 is 5.42. The van der Waals surface area contributed by atoms with Gasteiger partial charge >= 0.3 is 5.97 Å². The number of nitrogens with one attached hydrogen (secondary N) is 1. The van der Waals surface area contributed by atoms with E-state index in [2.05, 4.69) is 5.32 Å². The Morgan fingerprint density at radius 1 is 1.22 bits per heavy atom. The van der Waals surface area contributed by atoms with Gasteiger partial charge in [-0.05, 0) is 37.1 Å². The minimum absolute atomic E-state index is 0.216. The molecule has 0 aromatic heterocycles. The first-order valence-corrected chi connectivity index (χ1v) is 9.01. The number of hydrogen-bond donors (Lipinski definition) is 1. The van der Waals surface area contributed by atoms with Gasteiger partial charge in [0.25, 0.3) is 0 Å². The number of carbonyl (C=O) groups is 3. The average Bonchev–Trinajstić information content (AvgIpc) is 3.19. The second kappa shape index (κ2) is 6.70. The van der Waals surface area contributed by atoms with E-state index < -0.39 is 18.2 Å². The van der Waals surface area contributed by atoms with Crippen molar-refractivity contribution in [3.63, 3.8) is 0 Å². The molecule has 1 saturated heterocycles. The largest absolute Gasteiger partial charge is 0.433 e. The molecule has 4 rings (SSSR count). The first kappa shape index (κ1) is 17.5. The molecule has 2 aromatic rings. The third kappa shape index (κ3) is 3.06. The lowest BCUT2D eigenvalue weighted by Gasteiger charge is -2.29. The molecule has 0 aliphatic carbocycles. The van der Waals surface area contributed by atoms with Crippen LogP contribution in [0.3, 0.4) is 0 Å². The van der Waals surface area contributed by atoms with Gasteiger partial charge in [-0.1, -0.05) is 35.9 Å². The molecule has 27 heavy (non-hydrogen) atoms. The lowest BCUT2D eigenvalue weighted by atomic mass is 10.1. The predicted octanol–water partition coefficient (Wildman–Crippen LogP) is 3.45. The van der Waals surface area contributed by atoms with Crippen molar-refractivity contribution >= 4 is 35.1 Å². The Labute approximate surface area is 161 Å². The maximum atomic E-state index is 12.8. The zero-order chi connectivity index (χ0) is 19.1. The van der Waals surface area contributed by atoms with E-state index in [9.17, 15) is 14.4 Å². The second-order valence-electron chi connectivity index (χ2n) is 6.65. The van der Waals surface area contributed by atoms with Gasteiger partial charge in [0.15, 0.2) is 0 Å². The van der Waals surface area contributed by atoms with Crippen molar-refractivity contribution in [2.75, 3.05) is 5.32 Å². The summed E-state index contributed by atoms with van der Waals surface area (Å²) in [4.78, 5) is 38.8. The van der Waals surface area contributed by atoms with Crippen LogP contribution in [0.5, 0.6) is 0 Å². The molecule has 2 aromatic carbocycles. The van der Waals surface area contributed by atoms with Crippen molar-refractivity contribution in [1.82, 2.24) is 4.90 Å². The number of likely N-dealkylation sites (tertiary alicyclic amines) is 1. The van der Waals surface area contributed by atoms with Gasteiger partial charge in [-0.15, -0.1) is 0 Å². The minimum atomic E-state index is -0.874. The maximum Gasteiger partial charge on any atom is 0.340 e. The average molecular weight is 385 g/mol. The maximum absolute atomic E-state index is 12.8.